The molecule has 13 heteroatoms. The van der Waals surface area contributed by atoms with Crippen LogP contribution in [0.25, 0.3) is 76.3 Å². The SMILES string of the molecule is Cc1c[nH]c2c(Br)cccc12.Cc1c[nH]c2c(Cl)cccc12.Cc1c[nH]c2cc(Br)ccc12.Cc1c[nH]c2cc(Cl)ccc12.Cc1c[nH]c2ccc(Br)cc12.Cc1c[nH]c2ccc(Cl)cc12.Cc1c[nH]c2ccccc12. The molecule has 14 aromatic rings. The quantitative estimate of drug-likeness (QED) is 0.0785. The Hall–Kier alpha value is -6.37. The highest BCUT2D eigenvalue weighted by Gasteiger charge is 2.04. The predicted octanol–water partition coefficient (Wildman–Crippen LogP) is 21.6. The fourth-order valence-corrected chi connectivity index (χ4v) is 10.5. The summed E-state index contributed by atoms with van der Waals surface area (Å²) in [5.74, 6) is 0. The first-order chi connectivity index (χ1) is 36.5. The van der Waals surface area contributed by atoms with Gasteiger partial charge in [0, 0.05) is 132 Å². The molecule has 7 heterocycles. The average Bonchev–Trinajstić information content (AvgIpc) is 4.32. The van der Waals surface area contributed by atoms with Gasteiger partial charge in [-0.1, -0.05) is 121 Å². The van der Waals surface area contributed by atoms with Gasteiger partial charge in [-0.05, 0) is 182 Å². The number of halogens is 6. The van der Waals surface area contributed by atoms with Gasteiger partial charge in [-0.2, -0.15) is 0 Å². The van der Waals surface area contributed by atoms with Crippen LogP contribution >= 0.6 is 82.6 Å². The van der Waals surface area contributed by atoms with Crippen LogP contribution in [0.15, 0.2) is 190 Å². The van der Waals surface area contributed by atoms with Crippen LogP contribution < -0.4 is 0 Å². The molecule has 0 saturated carbocycles. The molecule has 0 aliphatic carbocycles. The zero-order chi connectivity index (χ0) is 54.0. The molecule has 0 aliphatic heterocycles. The van der Waals surface area contributed by atoms with Gasteiger partial charge in [-0.3, -0.25) is 0 Å². The smallest absolute Gasteiger partial charge is 0.0647 e. The van der Waals surface area contributed by atoms with E-state index >= 15 is 0 Å². The maximum absolute atomic E-state index is 5.94. The van der Waals surface area contributed by atoms with Crippen molar-refractivity contribution in [1.29, 1.82) is 0 Å². The second kappa shape index (κ2) is 25.6. The minimum Gasteiger partial charge on any atom is -0.361 e. The highest BCUT2D eigenvalue weighted by molar-refractivity contribution is 9.11. The molecule has 0 radical (unpaired) electrons. The zero-order valence-corrected chi connectivity index (χ0v) is 50.0. The number of para-hydroxylation sites is 3. The van der Waals surface area contributed by atoms with Crippen LogP contribution in [0.2, 0.25) is 15.1 Å². The van der Waals surface area contributed by atoms with Gasteiger partial charge in [0.25, 0.3) is 0 Å². The Balaban J connectivity index is 0.000000118. The Kier molecular flexibility index (Phi) is 18.8. The largest absolute Gasteiger partial charge is 0.361 e. The molecule has 386 valence electrons. The summed E-state index contributed by atoms with van der Waals surface area (Å²) in [6.45, 7) is 14.6. The van der Waals surface area contributed by atoms with Crippen molar-refractivity contribution in [2.75, 3.05) is 0 Å². The molecule has 7 nitrogen and oxygen atoms in total. The minimum atomic E-state index is 0.777. The van der Waals surface area contributed by atoms with Crippen molar-refractivity contribution in [3.63, 3.8) is 0 Å². The van der Waals surface area contributed by atoms with Crippen molar-refractivity contribution < 1.29 is 0 Å². The summed E-state index contributed by atoms with van der Waals surface area (Å²) in [6.07, 6.45) is 14.0. The molecule has 7 aromatic heterocycles. The molecule has 14 rings (SSSR count). The molecule has 0 spiro atoms. The lowest BCUT2D eigenvalue weighted by atomic mass is 10.2. The zero-order valence-electron chi connectivity index (χ0n) is 43.0. The second-order valence-electron chi connectivity index (χ2n) is 18.4. The van der Waals surface area contributed by atoms with E-state index in [1.54, 1.807) is 0 Å². The van der Waals surface area contributed by atoms with Crippen molar-refractivity contribution in [1.82, 2.24) is 34.9 Å². The van der Waals surface area contributed by atoms with Gasteiger partial charge in [0.05, 0.1) is 16.1 Å². The van der Waals surface area contributed by atoms with Gasteiger partial charge in [-0.15, -0.1) is 0 Å². The molecule has 0 aliphatic rings. The highest BCUT2D eigenvalue weighted by Crippen LogP contribution is 2.27. The van der Waals surface area contributed by atoms with Crippen molar-refractivity contribution in [3.8, 4) is 0 Å². The number of benzene rings is 7. The first-order valence-corrected chi connectivity index (χ1v) is 28.0. The maximum Gasteiger partial charge on any atom is 0.0647 e. The van der Waals surface area contributed by atoms with Crippen molar-refractivity contribution in [2.45, 2.75) is 48.5 Å². The van der Waals surface area contributed by atoms with E-state index in [1.807, 2.05) is 116 Å². The van der Waals surface area contributed by atoms with Crippen LogP contribution in [0.3, 0.4) is 0 Å². The third-order valence-corrected chi connectivity index (χ3v) is 15.4. The fourth-order valence-electron chi connectivity index (χ4n) is 8.68. The molecule has 0 unspecified atom stereocenters. The Labute approximate surface area is 482 Å². The van der Waals surface area contributed by atoms with Gasteiger partial charge < -0.3 is 34.9 Å². The standard InChI is InChI=1S/3C9H8BrN.3C9H8ClN.C9H9N/c1-6-5-11-9-3-2-7(10)4-8(6)9;1-6-5-11-9-4-7(10)2-3-8(6)9;1-6-5-11-9-7(6)3-2-4-8(9)10;1-6-5-11-9-3-2-7(10)4-8(6)9;1-6-5-11-9-4-7(10)2-3-8(6)9;1-6-5-11-9-7(6)3-2-4-8(9)10;1-7-6-10-9-5-3-2-4-8(7)9/h6*2-5,11H,1H3;2-6,10H,1H3. The summed E-state index contributed by atoms with van der Waals surface area (Å²) in [5, 5.41) is 11.2. The molecule has 0 atom stereocenters. The number of nitrogens with one attached hydrogen (secondary N) is 7. The topological polar surface area (TPSA) is 111 Å². The summed E-state index contributed by atoms with van der Waals surface area (Å²) < 4.78 is 3.38. The third-order valence-electron chi connectivity index (χ3n) is 12.9. The van der Waals surface area contributed by atoms with Crippen LogP contribution in [0, 0.1) is 48.5 Å². The summed E-state index contributed by atoms with van der Waals surface area (Å²) in [7, 11) is 0. The minimum absolute atomic E-state index is 0.777. The number of H-pyrrole nitrogens is 7. The number of rotatable bonds is 0. The van der Waals surface area contributed by atoms with E-state index in [0.717, 1.165) is 45.0 Å². The lowest BCUT2D eigenvalue weighted by Gasteiger charge is -1.92. The lowest BCUT2D eigenvalue weighted by molar-refractivity contribution is 1.42. The predicted molar refractivity (Wildman–Crippen MR) is 339 cm³/mol. The van der Waals surface area contributed by atoms with E-state index in [2.05, 4.69) is 192 Å². The normalized spacial score (nSPS) is 10.7. The van der Waals surface area contributed by atoms with Crippen LogP contribution in [0.5, 0.6) is 0 Å². The molecule has 0 amide bonds. The van der Waals surface area contributed by atoms with Crippen LogP contribution in [0.4, 0.5) is 0 Å². The van der Waals surface area contributed by atoms with Gasteiger partial charge in [0.1, 0.15) is 0 Å². The molecule has 0 bridgehead atoms. The van der Waals surface area contributed by atoms with Crippen LogP contribution in [-0.4, -0.2) is 34.9 Å². The van der Waals surface area contributed by atoms with Crippen molar-refractivity contribution in [2.24, 2.45) is 0 Å². The fraction of sp³-hybridized carbons (Fsp3) is 0.111. The summed E-state index contributed by atoms with van der Waals surface area (Å²) in [5.41, 5.74) is 17.0. The van der Waals surface area contributed by atoms with E-state index in [-0.39, 0.29) is 0 Å². The summed E-state index contributed by atoms with van der Waals surface area (Å²) in [4.78, 5) is 22.2. The van der Waals surface area contributed by atoms with E-state index < -0.39 is 0 Å². The lowest BCUT2D eigenvalue weighted by Crippen LogP contribution is -1.69. The molecular formula is C63H57Br3Cl3N7. The number of aromatic amines is 7. The van der Waals surface area contributed by atoms with E-state index in [1.165, 1.54) is 98.7 Å². The van der Waals surface area contributed by atoms with Gasteiger partial charge in [0.2, 0.25) is 0 Å². The summed E-state index contributed by atoms with van der Waals surface area (Å²) >= 11 is 27.9. The molecule has 7 N–H and O–H groups in total. The maximum atomic E-state index is 5.94. The van der Waals surface area contributed by atoms with E-state index in [0.29, 0.717) is 0 Å². The molecule has 0 saturated heterocycles. The Morgan fingerprint density at radius 1 is 0.289 bits per heavy atom. The number of aromatic nitrogens is 7. The first-order valence-electron chi connectivity index (χ1n) is 24.4. The van der Waals surface area contributed by atoms with Crippen molar-refractivity contribution >= 4 is 159 Å². The van der Waals surface area contributed by atoms with Gasteiger partial charge in [0.15, 0.2) is 0 Å². The molecule has 0 fully saturated rings. The van der Waals surface area contributed by atoms with Crippen LogP contribution in [-0.2, 0) is 0 Å². The Morgan fingerprint density at radius 3 is 1.26 bits per heavy atom. The molecule has 76 heavy (non-hydrogen) atoms. The van der Waals surface area contributed by atoms with E-state index in [4.69, 9.17) is 34.8 Å². The molecular weight excluding hydrogens is 1200 g/mol. The van der Waals surface area contributed by atoms with Crippen molar-refractivity contribution in [3.05, 3.63) is 244 Å². The summed E-state index contributed by atoms with van der Waals surface area (Å²) in [6, 6.07) is 44.7. The number of aryl methyl sites for hydroxylation is 7. The monoisotopic (exact) mass is 1250 g/mol. The highest BCUT2D eigenvalue weighted by atomic mass is 79.9. The first kappa shape index (κ1) is 55.9. The Morgan fingerprint density at radius 2 is 0.671 bits per heavy atom. The number of fused-ring (bicyclic) bond motifs is 7. The second-order valence-corrected chi connectivity index (χ2v) is 22.4. The van der Waals surface area contributed by atoms with Gasteiger partial charge in [-0.25, -0.2) is 0 Å². The number of hydrogen-bond acceptors (Lipinski definition) is 0. The third kappa shape index (κ3) is 13.8. The van der Waals surface area contributed by atoms with Gasteiger partial charge >= 0.3 is 0 Å². The van der Waals surface area contributed by atoms with E-state index in [9.17, 15) is 0 Å². The average molecular weight is 1260 g/mol. The number of hydrogen-bond donors (Lipinski definition) is 7. The Bertz CT molecular complexity index is 3960. The molecule has 7 aromatic carbocycles. The van der Waals surface area contributed by atoms with Crippen LogP contribution in [0.1, 0.15) is 38.9 Å².